The van der Waals surface area contributed by atoms with E-state index in [1.54, 1.807) is 12.1 Å². The van der Waals surface area contributed by atoms with Gasteiger partial charge in [-0.1, -0.05) is 79.1 Å². The molecule has 7 heteroatoms. The zero-order valence-corrected chi connectivity index (χ0v) is 22.4. The van der Waals surface area contributed by atoms with Crippen molar-refractivity contribution in [3.8, 4) is 17.2 Å². The minimum absolute atomic E-state index is 0.0266. The largest absolute Gasteiger partial charge is 0.502 e. The summed E-state index contributed by atoms with van der Waals surface area (Å²) in [5.41, 5.74) is -1.51. The summed E-state index contributed by atoms with van der Waals surface area (Å²) < 4.78 is 10.7. The summed E-state index contributed by atoms with van der Waals surface area (Å²) in [5, 5.41) is 31.6. The molecule has 0 saturated carbocycles. The Labute approximate surface area is 210 Å². The van der Waals surface area contributed by atoms with E-state index in [1.807, 2.05) is 6.92 Å². The maximum absolute atomic E-state index is 13.0. The molecule has 3 unspecified atom stereocenters. The summed E-state index contributed by atoms with van der Waals surface area (Å²) in [6.45, 7) is 8.24. The number of hydrogen-bond acceptors (Lipinski definition) is 5. The maximum Gasteiger partial charge on any atom is 0.321 e. The minimum Gasteiger partial charge on any atom is -0.502 e. The molecule has 0 radical (unpaired) electrons. The number of carboxylic acid groups (broad SMARTS) is 2. The number of rotatable bonds is 18. The smallest absolute Gasteiger partial charge is 0.321 e. The second-order valence-corrected chi connectivity index (χ2v) is 9.68. The lowest BCUT2D eigenvalue weighted by atomic mass is 9.63. The summed E-state index contributed by atoms with van der Waals surface area (Å²) >= 11 is 0. The predicted octanol–water partition coefficient (Wildman–Crippen LogP) is 6.86. The molecule has 1 aromatic carbocycles. The molecule has 0 aliphatic heterocycles. The standard InChI is InChI=1S/C28H46O7/c1-7-11-13-19(9-3)15-22(21-16-23(34-5)25(29)24(17-21)35-6)28(26(30)31,27(32)33)18-20(10-4)14-12-8-2/h16-17,19-20,22,29H,7-15,18H2,1-6H3,(H,30,31)(H,32,33). The first-order chi connectivity index (χ1) is 16.7. The third kappa shape index (κ3) is 7.52. The highest BCUT2D eigenvalue weighted by Gasteiger charge is 2.54. The third-order valence-corrected chi connectivity index (χ3v) is 7.53. The monoisotopic (exact) mass is 494 g/mol. The summed E-state index contributed by atoms with van der Waals surface area (Å²) in [7, 11) is 2.81. The number of carbonyl (C=O) groups is 2. The van der Waals surface area contributed by atoms with Crippen LogP contribution in [-0.2, 0) is 9.59 Å². The van der Waals surface area contributed by atoms with E-state index in [0.29, 0.717) is 18.4 Å². The van der Waals surface area contributed by atoms with Crippen molar-refractivity contribution >= 4 is 11.9 Å². The second kappa shape index (κ2) is 14.8. The number of phenols is 1. The van der Waals surface area contributed by atoms with E-state index in [-0.39, 0.29) is 35.5 Å². The molecule has 0 aliphatic rings. The molecule has 0 heterocycles. The minimum atomic E-state index is -2.01. The average molecular weight is 495 g/mol. The summed E-state index contributed by atoms with van der Waals surface area (Å²) in [6, 6.07) is 3.14. The van der Waals surface area contributed by atoms with E-state index in [0.717, 1.165) is 44.9 Å². The molecule has 200 valence electrons. The van der Waals surface area contributed by atoms with Crippen LogP contribution in [0.1, 0.15) is 103 Å². The van der Waals surface area contributed by atoms with Crippen LogP contribution in [0.4, 0.5) is 0 Å². The fraction of sp³-hybridized carbons (Fsp3) is 0.714. The molecule has 1 aromatic rings. The number of phenolic OH excluding ortho intramolecular Hbond substituents is 1. The number of methoxy groups -OCH3 is 2. The SMILES string of the molecule is CCCCC(CC)CC(c1cc(OC)c(O)c(OC)c1)C(CC(CC)CCCC)(C(=O)O)C(=O)O. The van der Waals surface area contributed by atoms with Gasteiger partial charge in [-0.05, 0) is 42.4 Å². The molecule has 1 rings (SSSR count). The van der Waals surface area contributed by atoms with Gasteiger partial charge in [-0.15, -0.1) is 0 Å². The van der Waals surface area contributed by atoms with Crippen LogP contribution in [-0.4, -0.2) is 41.5 Å². The van der Waals surface area contributed by atoms with E-state index in [9.17, 15) is 24.9 Å². The van der Waals surface area contributed by atoms with E-state index in [1.165, 1.54) is 14.2 Å². The summed E-state index contributed by atoms with van der Waals surface area (Å²) in [4.78, 5) is 25.9. The van der Waals surface area contributed by atoms with Crippen molar-refractivity contribution in [3.05, 3.63) is 17.7 Å². The van der Waals surface area contributed by atoms with Gasteiger partial charge in [0.05, 0.1) is 14.2 Å². The van der Waals surface area contributed by atoms with E-state index in [2.05, 4.69) is 20.8 Å². The lowest BCUT2D eigenvalue weighted by Crippen LogP contribution is -2.46. The van der Waals surface area contributed by atoms with Crippen LogP contribution in [0.2, 0.25) is 0 Å². The molecule has 0 aliphatic carbocycles. The highest BCUT2D eigenvalue weighted by Crippen LogP contribution is 2.50. The van der Waals surface area contributed by atoms with Crippen LogP contribution in [0.3, 0.4) is 0 Å². The first kappa shape index (κ1) is 30.6. The summed E-state index contributed by atoms with van der Waals surface area (Å²) in [5.74, 6) is -3.25. The van der Waals surface area contributed by atoms with Crippen LogP contribution < -0.4 is 9.47 Å². The Morgan fingerprint density at radius 3 is 1.69 bits per heavy atom. The summed E-state index contributed by atoms with van der Waals surface area (Å²) in [6.07, 6.45) is 7.59. The molecule has 35 heavy (non-hydrogen) atoms. The molecule has 0 aromatic heterocycles. The van der Waals surface area contributed by atoms with Crippen LogP contribution in [0, 0.1) is 17.3 Å². The first-order valence-electron chi connectivity index (χ1n) is 13.1. The van der Waals surface area contributed by atoms with Gasteiger partial charge in [0.2, 0.25) is 5.75 Å². The highest BCUT2D eigenvalue weighted by molar-refractivity contribution is 5.99. The number of aliphatic carboxylic acids is 2. The van der Waals surface area contributed by atoms with Gasteiger partial charge in [-0.3, -0.25) is 9.59 Å². The maximum atomic E-state index is 13.0. The normalized spacial score (nSPS) is 14.2. The molecule has 3 N–H and O–H groups in total. The Morgan fingerprint density at radius 2 is 1.31 bits per heavy atom. The van der Waals surface area contributed by atoms with E-state index < -0.39 is 23.3 Å². The molecule has 3 atom stereocenters. The Morgan fingerprint density at radius 1 is 0.857 bits per heavy atom. The van der Waals surface area contributed by atoms with Gasteiger partial charge >= 0.3 is 11.9 Å². The molecular weight excluding hydrogens is 448 g/mol. The lowest BCUT2D eigenvalue weighted by molar-refractivity contribution is -0.169. The number of carboxylic acids is 2. The van der Waals surface area contributed by atoms with Crippen LogP contribution in [0.25, 0.3) is 0 Å². The number of unbranched alkanes of at least 4 members (excludes halogenated alkanes) is 2. The quantitative estimate of drug-likeness (QED) is 0.191. The van der Waals surface area contributed by atoms with Gasteiger partial charge in [-0.25, -0.2) is 0 Å². The highest BCUT2D eigenvalue weighted by atomic mass is 16.5. The first-order valence-corrected chi connectivity index (χ1v) is 13.1. The van der Waals surface area contributed by atoms with Crippen molar-refractivity contribution in [1.82, 2.24) is 0 Å². The van der Waals surface area contributed by atoms with Gasteiger partial charge in [0.15, 0.2) is 16.9 Å². The Kier molecular flexibility index (Phi) is 13.0. The van der Waals surface area contributed by atoms with Crippen LogP contribution in [0.15, 0.2) is 12.1 Å². The average Bonchev–Trinajstić information content (AvgIpc) is 2.84. The van der Waals surface area contributed by atoms with Crippen molar-refractivity contribution in [2.75, 3.05) is 14.2 Å². The Hall–Kier alpha value is -2.44. The van der Waals surface area contributed by atoms with Crippen molar-refractivity contribution in [1.29, 1.82) is 0 Å². The molecular formula is C28H46O7. The van der Waals surface area contributed by atoms with Crippen LogP contribution >= 0.6 is 0 Å². The second-order valence-electron chi connectivity index (χ2n) is 9.68. The van der Waals surface area contributed by atoms with Crippen molar-refractivity contribution in [2.24, 2.45) is 17.3 Å². The van der Waals surface area contributed by atoms with Crippen molar-refractivity contribution in [2.45, 2.75) is 97.8 Å². The van der Waals surface area contributed by atoms with Gasteiger partial charge in [0, 0.05) is 5.92 Å². The molecule has 0 saturated heterocycles. The van der Waals surface area contributed by atoms with Crippen LogP contribution in [0.5, 0.6) is 17.2 Å². The number of ether oxygens (including phenoxy) is 2. The van der Waals surface area contributed by atoms with Crippen molar-refractivity contribution in [3.63, 3.8) is 0 Å². The van der Waals surface area contributed by atoms with E-state index in [4.69, 9.17) is 9.47 Å². The number of aromatic hydroxyl groups is 1. The Balaban J connectivity index is 3.82. The zero-order valence-electron chi connectivity index (χ0n) is 22.4. The Bertz CT molecular complexity index is 765. The van der Waals surface area contributed by atoms with Gasteiger partial charge in [0.1, 0.15) is 0 Å². The van der Waals surface area contributed by atoms with Crippen molar-refractivity contribution < 1.29 is 34.4 Å². The molecule has 0 fully saturated rings. The molecule has 0 amide bonds. The number of hydrogen-bond donors (Lipinski definition) is 3. The van der Waals surface area contributed by atoms with Gasteiger partial charge in [-0.2, -0.15) is 0 Å². The molecule has 0 bridgehead atoms. The number of benzene rings is 1. The molecule has 7 nitrogen and oxygen atoms in total. The van der Waals surface area contributed by atoms with E-state index >= 15 is 0 Å². The lowest BCUT2D eigenvalue weighted by Gasteiger charge is -2.38. The van der Waals surface area contributed by atoms with Gasteiger partial charge < -0.3 is 24.8 Å². The fourth-order valence-electron chi connectivity index (χ4n) is 5.16. The zero-order chi connectivity index (χ0) is 26.6. The van der Waals surface area contributed by atoms with Gasteiger partial charge in [0.25, 0.3) is 0 Å². The topological polar surface area (TPSA) is 113 Å². The molecule has 0 spiro atoms. The third-order valence-electron chi connectivity index (χ3n) is 7.53. The predicted molar refractivity (Wildman–Crippen MR) is 138 cm³/mol. The fourth-order valence-corrected chi connectivity index (χ4v) is 5.16.